The highest BCUT2D eigenvalue weighted by atomic mass is 32.2. The second-order valence-corrected chi connectivity index (χ2v) is 40.9. The molecule has 0 N–H and O–H groups in total. The molecule has 0 saturated carbocycles. The fourth-order valence-corrected chi connectivity index (χ4v) is 17.9. The van der Waals surface area contributed by atoms with E-state index in [4.69, 9.17) is 88.9 Å². The Balaban J connectivity index is 0.793. The molecule has 5 aromatic carbocycles. The molecule has 33 nitrogen and oxygen atoms in total. The van der Waals surface area contributed by atoms with Gasteiger partial charge >= 0.3 is 17.9 Å². The Morgan fingerprint density at radius 1 is 0.437 bits per heavy atom. The highest BCUT2D eigenvalue weighted by Gasteiger charge is 2.51. The van der Waals surface area contributed by atoms with Gasteiger partial charge in [0.05, 0.1) is 93.8 Å². The van der Waals surface area contributed by atoms with Crippen molar-refractivity contribution in [2.75, 3.05) is 24.9 Å². The lowest BCUT2D eigenvalue weighted by molar-refractivity contribution is -0.385. The van der Waals surface area contributed by atoms with Gasteiger partial charge in [-0.15, -0.1) is 0 Å². The molecule has 0 radical (unpaired) electrons. The van der Waals surface area contributed by atoms with E-state index in [1.54, 1.807) is 126 Å². The average Bonchev–Trinajstić information content (AvgIpc) is 0.794. The van der Waals surface area contributed by atoms with Crippen LogP contribution in [0, 0.1) is 20.2 Å². The van der Waals surface area contributed by atoms with Crippen LogP contribution >= 0.6 is 0 Å². The number of non-ortho nitro benzene ring substituents is 2. The van der Waals surface area contributed by atoms with Gasteiger partial charge in [-0.1, -0.05) is 80.3 Å². The first-order chi connectivity index (χ1) is 56.6. The predicted octanol–water partition coefficient (Wildman–Crippen LogP) is 11.7. The van der Waals surface area contributed by atoms with E-state index in [2.05, 4.69) is 19.6 Å². The van der Waals surface area contributed by atoms with Crippen molar-refractivity contribution in [1.29, 1.82) is 0 Å². The number of nitro benzene ring substituents is 2. The summed E-state index contributed by atoms with van der Waals surface area (Å²) in [6.07, 6.45) is -21.8. The number of nitrogens with zero attached hydrogens (tertiary/aromatic N) is 2. The lowest BCUT2D eigenvalue weighted by Gasteiger charge is -2.46. The molecule has 652 valence electrons. The zero-order valence-electron chi connectivity index (χ0n) is 68.3. The standard InChI is InChI=1S/C83H108N2O31S2Si/c1-50(86)21-36-71(87)107-65-34-37-72(100-51(65)2)109-69-48-77(105-56(7)80(69)115-117(94,95)42-39-57-22-26-61(27-23-57)84(90)91)112-68-46-75(103-54(5)79(68)114-83(89)60-19-15-12-16-20-60)108-66-35-38-73(101-52(66)3)110-70-47-76(104-55(6)81(70)116-118(96,97)43-40-58-24-28-62(29-25-58)85(92)93)111-67-45-74(102-53(4)78(67)113-82(88)59-17-13-11-14-18-59)106-64-32-30-63(31-33-64)99-49-98-41-44-119(8,9)10/h11-20,22-33,51-56,65-70,72-81H,21,34-49H2,1-10H3/t51-,52-,53+,54+,55+,56+,65-,66-,67+,68+,69+,70+,72-,73-,74-,75-,76-,77-,78+,79+,80+,81+/m0/s1. The van der Waals surface area contributed by atoms with Crippen LogP contribution in [0.3, 0.4) is 0 Å². The van der Waals surface area contributed by atoms with Crippen LogP contribution in [-0.2, 0) is 122 Å². The van der Waals surface area contributed by atoms with E-state index in [1.165, 1.54) is 55.5 Å². The molecule has 0 bridgehead atoms. The highest BCUT2D eigenvalue weighted by molar-refractivity contribution is 7.87. The minimum Gasteiger partial charge on any atom is -0.468 e. The minimum absolute atomic E-state index is 0.00817. The van der Waals surface area contributed by atoms with Crippen LogP contribution in [0.4, 0.5) is 11.4 Å². The third-order valence-electron chi connectivity index (χ3n) is 21.2. The van der Waals surface area contributed by atoms with Crippen molar-refractivity contribution < 1.29 is 135 Å². The molecule has 11 rings (SSSR count). The van der Waals surface area contributed by atoms with E-state index in [9.17, 15) is 56.2 Å². The molecule has 0 aromatic heterocycles. The van der Waals surface area contributed by atoms with Crippen LogP contribution in [0.2, 0.25) is 25.7 Å². The number of hydrogen-bond donors (Lipinski definition) is 0. The number of rotatable bonds is 38. The molecule has 119 heavy (non-hydrogen) atoms. The fourth-order valence-electron chi connectivity index (χ4n) is 14.7. The maximum absolute atomic E-state index is 14.2. The molecule has 6 fully saturated rings. The van der Waals surface area contributed by atoms with Crippen LogP contribution in [0.15, 0.2) is 133 Å². The zero-order chi connectivity index (χ0) is 85.3. The molecule has 5 aromatic rings. The molecular weight excluding hydrogens is 1610 g/mol. The third kappa shape index (κ3) is 27.6. The Bertz CT molecular complexity index is 4380. The molecule has 36 heteroatoms. The third-order valence-corrected chi connectivity index (χ3v) is 25.4. The van der Waals surface area contributed by atoms with Crippen molar-refractivity contribution in [3.8, 4) is 11.5 Å². The number of nitro groups is 2. The number of esters is 3. The summed E-state index contributed by atoms with van der Waals surface area (Å²) in [4.78, 5) is 74.0. The van der Waals surface area contributed by atoms with Gasteiger partial charge in [0.1, 0.15) is 47.8 Å². The van der Waals surface area contributed by atoms with Gasteiger partial charge in [-0.2, -0.15) is 16.8 Å². The molecule has 6 aliphatic rings. The summed E-state index contributed by atoms with van der Waals surface area (Å²) in [7, 11) is -10.1. The lowest BCUT2D eigenvalue weighted by Crippen LogP contribution is -2.57. The van der Waals surface area contributed by atoms with Crippen LogP contribution < -0.4 is 9.47 Å². The Labute approximate surface area is 693 Å². The number of ketones is 1. The number of ether oxygens (including phenoxy) is 17. The van der Waals surface area contributed by atoms with Crippen LogP contribution in [-0.4, -0.2) is 219 Å². The van der Waals surface area contributed by atoms with Gasteiger partial charge < -0.3 is 85.3 Å². The maximum atomic E-state index is 14.2. The summed E-state index contributed by atoms with van der Waals surface area (Å²) in [6.45, 7) is 18.9. The van der Waals surface area contributed by atoms with Crippen molar-refractivity contribution in [2.45, 2.75) is 287 Å². The van der Waals surface area contributed by atoms with Crippen LogP contribution in [0.5, 0.6) is 11.5 Å². The molecule has 6 aliphatic heterocycles. The number of carbonyl (C=O) groups excluding carboxylic acids is 4. The van der Waals surface area contributed by atoms with Gasteiger partial charge in [0, 0.05) is 83.9 Å². The average molecular weight is 1720 g/mol. The molecule has 22 atom stereocenters. The summed E-state index contributed by atoms with van der Waals surface area (Å²) < 4.78 is 177. The summed E-state index contributed by atoms with van der Waals surface area (Å²) >= 11 is 0. The van der Waals surface area contributed by atoms with E-state index >= 15 is 0 Å². The largest absolute Gasteiger partial charge is 0.468 e. The monoisotopic (exact) mass is 1720 g/mol. The topological polar surface area (TPSA) is 398 Å². The van der Waals surface area contributed by atoms with Gasteiger partial charge in [-0.05, 0) is 140 Å². The van der Waals surface area contributed by atoms with Crippen molar-refractivity contribution in [3.63, 3.8) is 0 Å². The number of hydrogen-bond acceptors (Lipinski definition) is 31. The first-order valence-corrected chi connectivity index (χ1v) is 47.2. The van der Waals surface area contributed by atoms with Gasteiger partial charge in [-0.3, -0.25) is 33.4 Å². The van der Waals surface area contributed by atoms with Gasteiger partial charge in [-0.25, -0.2) is 9.59 Å². The smallest absolute Gasteiger partial charge is 0.338 e. The highest BCUT2D eigenvalue weighted by Crippen LogP contribution is 2.40. The van der Waals surface area contributed by atoms with Crippen molar-refractivity contribution >= 4 is 63.4 Å². The van der Waals surface area contributed by atoms with Crippen LogP contribution in [0.1, 0.15) is 145 Å². The lowest BCUT2D eigenvalue weighted by atomic mass is 9.99. The van der Waals surface area contributed by atoms with Crippen molar-refractivity contribution in [1.82, 2.24) is 0 Å². The zero-order valence-corrected chi connectivity index (χ0v) is 70.9. The van der Waals surface area contributed by atoms with E-state index in [1.807, 2.05) is 0 Å². The molecule has 0 aliphatic carbocycles. The van der Waals surface area contributed by atoms with Crippen molar-refractivity contribution in [3.05, 3.63) is 176 Å². The Morgan fingerprint density at radius 3 is 1.24 bits per heavy atom. The quantitative estimate of drug-likeness (QED) is 0.00517. The van der Waals surface area contributed by atoms with E-state index < -0.39 is 203 Å². The van der Waals surface area contributed by atoms with Gasteiger partial charge in [0.25, 0.3) is 31.6 Å². The molecule has 0 amide bonds. The summed E-state index contributed by atoms with van der Waals surface area (Å²) in [5, 5.41) is 22.8. The predicted molar refractivity (Wildman–Crippen MR) is 426 cm³/mol. The van der Waals surface area contributed by atoms with Crippen LogP contribution in [0.25, 0.3) is 0 Å². The second kappa shape index (κ2) is 42.3. The SMILES string of the molecule is CC(=O)CCC(=O)O[C@H]1CC[C@H](O[C@@H]2C[C@H](O[C@@H]3C[C@H](O[C@H]4CC[C@H](O[C@@H]5C[C@H](O[C@@H]6C[C@H](Oc7ccc(OCOCC[Si](C)(C)C)cc7)O[C@H](C)[C@H]6OC(=O)c6ccccc6)O[C@H](C)[C@H]5OS(=O)(=O)CCc5ccc([N+](=O)[O-])cc5)O[C@H]4C)O[C@H](C)[C@H]3OC(=O)c3ccccc3)O[C@H](C)[C@H]2OS(=O)(=O)CCc2ccc([N+](=O)[O-])cc2)O[C@H]1C. The number of carbonyl (C=O) groups is 4. The van der Waals surface area contributed by atoms with Gasteiger partial charge in [0.2, 0.25) is 6.29 Å². The Kier molecular flexibility index (Phi) is 32.6. The summed E-state index contributed by atoms with van der Waals surface area (Å²) in [5.74, 6) is -2.13. The van der Waals surface area contributed by atoms with E-state index in [-0.39, 0.29) is 112 Å². The normalized spacial score (nSPS) is 30.1. The number of benzene rings is 5. The molecule has 6 saturated heterocycles. The Hall–Kier alpha value is -7.86. The molecular formula is C83H108N2O31S2Si. The first-order valence-electron chi connectivity index (χ1n) is 40.3. The fraction of sp³-hybridized carbons (Fsp3) is 0.590. The first kappa shape index (κ1) is 91.9. The second-order valence-electron chi connectivity index (χ2n) is 31.9. The minimum atomic E-state index is -4.42. The molecule has 6 heterocycles. The number of Topliss-reactive ketones (excluding diaryl/α,β-unsaturated/α-hetero) is 1. The summed E-state index contributed by atoms with van der Waals surface area (Å²) in [6, 6.07) is 35.6. The van der Waals surface area contributed by atoms with E-state index in [0.717, 1.165) is 6.04 Å². The molecule has 0 unspecified atom stereocenters. The van der Waals surface area contributed by atoms with E-state index in [0.29, 0.717) is 29.2 Å². The summed E-state index contributed by atoms with van der Waals surface area (Å²) in [5.41, 5.74) is 1.18. The van der Waals surface area contributed by atoms with Crippen molar-refractivity contribution in [2.24, 2.45) is 0 Å². The molecule has 0 spiro atoms. The number of aryl methyl sites for hydroxylation is 2. The maximum Gasteiger partial charge on any atom is 0.338 e. The van der Waals surface area contributed by atoms with Gasteiger partial charge in [0.15, 0.2) is 50.5 Å². The Morgan fingerprint density at radius 2 is 0.815 bits per heavy atom.